The highest BCUT2D eigenvalue weighted by atomic mass is 16.1. The summed E-state index contributed by atoms with van der Waals surface area (Å²) in [6.45, 7) is 10.2. The Labute approximate surface area is 219 Å². The number of aromatic nitrogens is 3. The van der Waals surface area contributed by atoms with E-state index < -0.39 is 0 Å². The van der Waals surface area contributed by atoms with E-state index in [-0.39, 0.29) is 17.6 Å². The van der Waals surface area contributed by atoms with Gasteiger partial charge < -0.3 is 16.0 Å². The van der Waals surface area contributed by atoms with Crippen molar-refractivity contribution in [1.29, 1.82) is 0 Å². The van der Waals surface area contributed by atoms with E-state index in [0.717, 1.165) is 42.9 Å². The summed E-state index contributed by atoms with van der Waals surface area (Å²) < 4.78 is 0. The van der Waals surface area contributed by atoms with Crippen molar-refractivity contribution in [2.75, 3.05) is 30.3 Å². The maximum atomic E-state index is 13.1. The van der Waals surface area contributed by atoms with E-state index in [1.54, 1.807) is 24.5 Å². The number of nitrogens with zero attached hydrogens (tertiary/aromatic N) is 4. The lowest BCUT2D eigenvalue weighted by Crippen LogP contribution is -2.28. The highest BCUT2D eigenvalue weighted by molar-refractivity contribution is 6.04. The first-order chi connectivity index (χ1) is 17.8. The van der Waals surface area contributed by atoms with Gasteiger partial charge in [0.15, 0.2) is 5.78 Å². The molecular weight excluding hydrogens is 464 g/mol. The zero-order chi connectivity index (χ0) is 26.8. The van der Waals surface area contributed by atoms with Crippen LogP contribution in [0.4, 0.5) is 11.8 Å². The number of nitrogens with two attached hydrogens (primary N) is 1. The SMILES string of the molecule is CCCN(CCC)c1cc(C(=O)NCCc2ccc(C(=O)C=C(C)C)cc2)cc(-c2cnc(N)nc2)n1. The fourth-order valence-electron chi connectivity index (χ4n) is 3.91. The topological polar surface area (TPSA) is 114 Å². The minimum atomic E-state index is -0.176. The molecule has 0 unspecified atom stereocenters. The van der Waals surface area contributed by atoms with E-state index in [1.165, 1.54) is 0 Å². The Balaban J connectivity index is 1.76. The molecule has 194 valence electrons. The Morgan fingerprint density at radius 3 is 2.22 bits per heavy atom. The van der Waals surface area contributed by atoms with Crippen LogP contribution in [0.2, 0.25) is 0 Å². The van der Waals surface area contributed by atoms with Gasteiger partial charge in [0.25, 0.3) is 5.91 Å². The van der Waals surface area contributed by atoms with Crippen LogP contribution in [0.5, 0.6) is 0 Å². The molecule has 2 aromatic heterocycles. The number of nitrogens with one attached hydrogen (secondary N) is 1. The lowest BCUT2D eigenvalue weighted by Gasteiger charge is -2.24. The highest BCUT2D eigenvalue weighted by Gasteiger charge is 2.15. The number of nitrogen functional groups attached to an aromatic ring is 1. The van der Waals surface area contributed by atoms with Crippen molar-refractivity contribution in [2.45, 2.75) is 47.0 Å². The van der Waals surface area contributed by atoms with Crippen molar-refractivity contribution < 1.29 is 9.59 Å². The van der Waals surface area contributed by atoms with E-state index in [1.807, 2.05) is 44.2 Å². The Morgan fingerprint density at radius 1 is 0.973 bits per heavy atom. The van der Waals surface area contributed by atoms with Crippen LogP contribution in [0.3, 0.4) is 0 Å². The van der Waals surface area contributed by atoms with Gasteiger partial charge in [0.1, 0.15) is 5.82 Å². The normalized spacial score (nSPS) is 10.6. The molecule has 3 rings (SSSR count). The average molecular weight is 501 g/mol. The van der Waals surface area contributed by atoms with Crippen LogP contribution in [0.1, 0.15) is 66.8 Å². The molecule has 0 aliphatic rings. The van der Waals surface area contributed by atoms with Gasteiger partial charge in [0.2, 0.25) is 5.95 Å². The van der Waals surface area contributed by atoms with Crippen LogP contribution in [-0.2, 0) is 6.42 Å². The van der Waals surface area contributed by atoms with Gasteiger partial charge in [-0.05, 0) is 56.9 Å². The molecular formula is C29H36N6O2. The maximum Gasteiger partial charge on any atom is 0.251 e. The summed E-state index contributed by atoms with van der Waals surface area (Å²) in [4.78, 5) is 40.5. The number of pyridine rings is 1. The Bertz CT molecular complexity index is 1230. The van der Waals surface area contributed by atoms with E-state index in [2.05, 4.69) is 34.0 Å². The minimum absolute atomic E-state index is 0.00385. The molecule has 0 radical (unpaired) electrons. The number of hydrogen-bond acceptors (Lipinski definition) is 7. The van der Waals surface area contributed by atoms with Crippen LogP contribution < -0.4 is 16.0 Å². The van der Waals surface area contributed by atoms with Crippen LogP contribution >= 0.6 is 0 Å². The molecule has 2 heterocycles. The second-order valence-electron chi connectivity index (χ2n) is 9.21. The van der Waals surface area contributed by atoms with Crippen LogP contribution in [0.15, 0.2) is 60.4 Å². The summed E-state index contributed by atoms with van der Waals surface area (Å²) in [5.74, 6) is 0.756. The predicted octanol–water partition coefficient (Wildman–Crippen LogP) is 4.87. The second kappa shape index (κ2) is 13.3. The third kappa shape index (κ3) is 7.96. The third-order valence-corrected chi connectivity index (χ3v) is 5.71. The molecule has 0 fully saturated rings. The van der Waals surface area contributed by atoms with Crippen molar-refractivity contribution in [1.82, 2.24) is 20.3 Å². The van der Waals surface area contributed by atoms with Gasteiger partial charge in [-0.2, -0.15) is 0 Å². The van der Waals surface area contributed by atoms with Gasteiger partial charge in [0, 0.05) is 48.7 Å². The monoisotopic (exact) mass is 500 g/mol. The molecule has 0 saturated heterocycles. The average Bonchev–Trinajstić information content (AvgIpc) is 2.88. The summed E-state index contributed by atoms with van der Waals surface area (Å²) in [6, 6.07) is 11.1. The van der Waals surface area contributed by atoms with Gasteiger partial charge >= 0.3 is 0 Å². The summed E-state index contributed by atoms with van der Waals surface area (Å²) in [7, 11) is 0. The Morgan fingerprint density at radius 2 is 1.62 bits per heavy atom. The largest absolute Gasteiger partial charge is 0.368 e. The van der Waals surface area contributed by atoms with Crippen molar-refractivity contribution in [3.63, 3.8) is 0 Å². The molecule has 1 aromatic carbocycles. The van der Waals surface area contributed by atoms with E-state index >= 15 is 0 Å². The number of allylic oxidation sites excluding steroid dienone is 2. The van der Waals surface area contributed by atoms with Gasteiger partial charge in [-0.1, -0.05) is 43.7 Å². The fraction of sp³-hybridized carbons (Fsp3) is 0.345. The molecule has 37 heavy (non-hydrogen) atoms. The number of hydrogen-bond donors (Lipinski definition) is 2. The summed E-state index contributed by atoms with van der Waals surface area (Å²) in [6.07, 6.45) is 7.45. The molecule has 0 aliphatic carbocycles. The highest BCUT2D eigenvalue weighted by Crippen LogP contribution is 2.23. The standard InChI is InChI=1S/C29H36N6O2/c1-5-13-35(14-6-2)27-17-23(16-25(34-27)24-18-32-29(30)33-19-24)28(37)31-12-11-21-7-9-22(10-8-21)26(36)15-20(3)4/h7-10,15-19H,5-6,11-14H2,1-4H3,(H,31,37)(H2,30,32,33). The van der Waals surface area contributed by atoms with Crippen LogP contribution in [0.25, 0.3) is 11.3 Å². The van der Waals surface area contributed by atoms with Gasteiger partial charge in [-0.15, -0.1) is 0 Å². The lowest BCUT2D eigenvalue weighted by molar-refractivity contribution is 0.0953. The number of benzene rings is 1. The first-order valence-electron chi connectivity index (χ1n) is 12.7. The van der Waals surface area contributed by atoms with Gasteiger partial charge in [-0.3, -0.25) is 9.59 Å². The minimum Gasteiger partial charge on any atom is -0.368 e. The number of anilines is 2. The third-order valence-electron chi connectivity index (χ3n) is 5.71. The first kappa shape index (κ1) is 27.5. The van der Waals surface area contributed by atoms with Crippen molar-refractivity contribution in [3.05, 3.63) is 77.1 Å². The zero-order valence-corrected chi connectivity index (χ0v) is 22.1. The zero-order valence-electron chi connectivity index (χ0n) is 22.1. The van der Waals surface area contributed by atoms with Crippen molar-refractivity contribution >= 4 is 23.5 Å². The predicted molar refractivity (Wildman–Crippen MR) is 149 cm³/mol. The molecule has 0 aliphatic heterocycles. The number of carbonyl (C=O) groups is 2. The lowest BCUT2D eigenvalue weighted by atomic mass is 10.0. The van der Waals surface area contributed by atoms with Gasteiger partial charge in [0.05, 0.1) is 5.69 Å². The molecule has 0 bridgehead atoms. The number of ketones is 1. The summed E-state index contributed by atoms with van der Waals surface area (Å²) >= 11 is 0. The Kier molecular flexibility index (Phi) is 9.89. The molecule has 8 nitrogen and oxygen atoms in total. The molecule has 3 aromatic rings. The quantitative estimate of drug-likeness (QED) is 0.269. The summed E-state index contributed by atoms with van der Waals surface area (Å²) in [5.41, 5.74) is 10.2. The maximum absolute atomic E-state index is 13.1. The number of carbonyl (C=O) groups excluding carboxylic acids is 2. The molecule has 8 heteroatoms. The van der Waals surface area contributed by atoms with Crippen molar-refractivity contribution in [3.8, 4) is 11.3 Å². The van der Waals surface area contributed by atoms with Gasteiger partial charge in [-0.25, -0.2) is 15.0 Å². The molecule has 0 spiro atoms. The molecule has 3 N–H and O–H groups in total. The number of rotatable bonds is 12. The second-order valence-corrected chi connectivity index (χ2v) is 9.21. The van der Waals surface area contributed by atoms with Crippen molar-refractivity contribution in [2.24, 2.45) is 0 Å². The number of amides is 1. The smallest absolute Gasteiger partial charge is 0.251 e. The van der Waals surface area contributed by atoms with E-state index in [0.29, 0.717) is 35.3 Å². The van der Waals surface area contributed by atoms with Crippen LogP contribution in [0, 0.1) is 0 Å². The Hall–Kier alpha value is -4.07. The first-order valence-corrected chi connectivity index (χ1v) is 12.7. The van der Waals surface area contributed by atoms with Crippen LogP contribution in [-0.4, -0.2) is 46.3 Å². The fourth-order valence-corrected chi connectivity index (χ4v) is 3.91. The van der Waals surface area contributed by atoms with E-state index in [4.69, 9.17) is 10.7 Å². The molecule has 0 atom stereocenters. The molecule has 0 saturated carbocycles. The summed E-state index contributed by atoms with van der Waals surface area (Å²) in [5, 5.41) is 3.02. The molecule has 1 amide bonds. The van der Waals surface area contributed by atoms with E-state index in [9.17, 15) is 9.59 Å².